The molecular formula is C19H19N3O2. The van der Waals surface area contributed by atoms with Crippen LogP contribution in [0.25, 0.3) is 10.9 Å². The zero-order valence-corrected chi connectivity index (χ0v) is 13.3. The smallest absolute Gasteiger partial charge is 0.270 e. The largest absolute Gasteiger partial charge is 0.375 e. The molecule has 0 saturated heterocycles. The fraction of sp³-hybridized carbons (Fsp3) is 0.158. The summed E-state index contributed by atoms with van der Waals surface area (Å²) in [6, 6.07) is 18.3. The van der Waals surface area contributed by atoms with E-state index in [9.17, 15) is 9.90 Å². The van der Waals surface area contributed by atoms with Crippen molar-refractivity contribution in [2.24, 2.45) is 5.73 Å². The van der Waals surface area contributed by atoms with E-state index in [0.717, 1.165) is 16.5 Å². The van der Waals surface area contributed by atoms with Gasteiger partial charge in [0.15, 0.2) is 0 Å². The molecule has 1 amide bonds. The lowest BCUT2D eigenvalue weighted by molar-refractivity contribution is 0.0935. The normalized spacial score (nSPS) is 13.5. The molecule has 122 valence electrons. The minimum Gasteiger partial charge on any atom is -0.375 e. The molecule has 2 aromatic carbocycles. The van der Waals surface area contributed by atoms with Crippen molar-refractivity contribution in [3.05, 3.63) is 77.5 Å². The minimum atomic E-state index is -0.995. The maximum Gasteiger partial charge on any atom is 0.270 e. The molecule has 2 unspecified atom stereocenters. The Morgan fingerprint density at radius 1 is 1.04 bits per heavy atom. The number of pyridine rings is 1. The Labute approximate surface area is 140 Å². The number of fused-ring (bicyclic) bond motifs is 1. The SMILES string of the molecule is CC(NC(=O)c1ccc2ccccc2n1)c1ccc(C(N)O)cc1. The van der Waals surface area contributed by atoms with E-state index in [1.54, 1.807) is 18.2 Å². The van der Waals surface area contributed by atoms with Crippen LogP contribution in [0, 0.1) is 0 Å². The number of nitrogens with two attached hydrogens (primary N) is 1. The number of aliphatic hydroxyl groups excluding tert-OH is 1. The average molecular weight is 321 g/mol. The summed E-state index contributed by atoms with van der Waals surface area (Å²) in [6.45, 7) is 1.90. The second-order valence-corrected chi connectivity index (χ2v) is 5.70. The first-order valence-electron chi connectivity index (χ1n) is 7.75. The highest BCUT2D eigenvalue weighted by Gasteiger charge is 2.13. The van der Waals surface area contributed by atoms with Gasteiger partial charge in [0.1, 0.15) is 11.9 Å². The van der Waals surface area contributed by atoms with Crippen molar-refractivity contribution < 1.29 is 9.90 Å². The van der Waals surface area contributed by atoms with Crippen LogP contribution in [0.5, 0.6) is 0 Å². The van der Waals surface area contributed by atoms with Crippen LogP contribution in [0.1, 0.15) is 40.8 Å². The van der Waals surface area contributed by atoms with Crippen LogP contribution in [0.4, 0.5) is 0 Å². The first kappa shape index (κ1) is 16.1. The number of nitrogens with one attached hydrogen (secondary N) is 1. The number of carbonyl (C=O) groups is 1. The van der Waals surface area contributed by atoms with Gasteiger partial charge in [-0.1, -0.05) is 48.5 Å². The van der Waals surface area contributed by atoms with Gasteiger partial charge in [-0.3, -0.25) is 4.79 Å². The number of benzene rings is 2. The van der Waals surface area contributed by atoms with Gasteiger partial charge in [-0.25, -0.2) is 4.98 Å². The summed E-state index contributed by atoms with van der Waals surface area (Å²) >= 11 is 0. The van der Waals surface area contributed by atoms with Gasteiger partial charge in [-0.2, -0.15) is 0 Å². The van der Waals surface area contributed by atoms with Crippen molar-refractivity contribution in [3.8, 4) is 0 Å². The molecule has 2 atom stereocenters. The van der Waals surface area contributed by atoms with Gasteiger partial charge in [0.25, 0.3) is 5.91 Å². The van der Waals surface area contributed by atoms with Crippen molar-refractivity contribution in [1.82, 2.24) is 10.3 Å². The zero-order valence-electron chi connectivity index (χ0n) is 13.3. The molecule has 4 N–H and O–H groups in total. The van der Waals surface area contributed by atoms with Gasteiger partial charge >= 0.3 is 0 Å². The highest BCUT2D eigenvalue weighted by molar-refractivity contribution is 5.95. The average Bonchev–Trinajstić information content (AvgIpc) is 2.61. The monoisotopic (exact) mass is 321 g/mol. The number of rotatable bonds is 4. The van der Waals surface area contributed by atoms with Crippen LogP contribution in [0.2, 0.25) is 0 Å². The van der Waals surface area contributed by atoms with Gasteiger partial charge in [-0.15, -0.1) is 0 Å². The number of hydrogen-bond donors (Lipinski definition) is 3. The maximum absolute atomic E-state index is 12.4. The lowest BCUT2D eigenvalue weighted by Gasteiger charge is -2.15. The minimum absolute atomic E-state index is 0.185. The highest BCUT2D eigenvalue weighted by Crippen LogP contribution is 2.17. The molecule has 0 saturated carbocycles. The molecule has 0 fully saturated rings. The Bertz CT molecular complexity index is 860. The zero-order chi connectivity index (χ0) is 17.1. The fourth-order valence-corrected chi connectivity index (χ4v) is 2.53. The summed E-state index contributed by atoms with van der Waals surface area (Å²) in [5, 5.41) is 13.3. The Kier molecular flexibility index (Phi) is 4.55. The Morgan fingerprint density at radius 2 is 1.71 bits per heavy atom. The third kappa shape index (κ3) is 3.42. The molecule has 1 heterocycles. The van der Waals surface area contributed by atoms with Gasteiger partial charge in [-0.05, 0) is 30.2 Å². The molecule has 0 spiro atoms. The number of para-hydroxylation sites is 1. The molecule has 0 aliphatic carbocycles. The summed E-state index contributed by atoms with van der Waals surface area (Å²) in [5.74, 6) is -0.226. The molecule has 5 heteroatoms. The summed E-state index contributed by atoms with van der Waals surface area (Å²) in [6.07, 6.45) is -0.995. The maximum atomic E-state index is 12.4. The molecule has 24 heavy (non-hydrogen) atoms. The topological polar surface area (TPSA) is 88.2 Å². The Hall–Kier alpha value is -2.76. The molecule has 0 radical (unpaired) electrons. The first-order valence-corrected chi connectivity index (χ1v) is 7.75. The van der Waals surface area contributed by atoms with E-state index in [2.05, 4.69) is 10.3 Å². The van der Waals surface area contributed by atoms with Crippen LogP contribution >= 0.6 is 0 Å². The number of aromatic nitrogens is 1. The number of nitrogens with zero attached hydrogens (tertiary/aromatic N) is 1. The molecule has 1 aromatic heterocycles. The van der Waals surface area contributed by atoms with E-state index < -0.39 is 6.23 Å². The lowest BCUT2D eigenvalue weighted by Crippen LogP contribution is -2.27. The van der Waals surface area contributed by atoms with Crippen molar-refractivity contribution in [3.63, 3.8) is 0 Å². The van der Waals surface area contributed by atoms with Crippen LogP contribution in [0.3, 0.4) is 0 Å². The Morgan fingerprint density at radius 3 is 2.42 bits per heavy atom. The van der Waals surface area contributed by atoms with E-state index in [1.165, 1.54) is 0 Å². The van der Waals surface area contributed by atoms with Crippen LogP contribution in [-0.4, -0.2) is 16.0 Å². The predicted octanol–water partition coefficient (Wildman–Crippen LogP) is 2.68. The van der Waals surface area contributed by atoms with E-state index >= 15 is 0 Å². The van der Waals surface area contributed by atoms with Crippen LogP contribution < -0.4 is 11.1 Å². The lowest BCUT2D eigenvalue weighted by atomic mass is 10.1. The molecule has 3 rings (SSSR count). The summed E-state index contributed by atoms with van der Waals surface area (Å²) in [4.78, 5) is 16.8. The van der Waals surface area contributed by atoms with E-state index in [4.69, 9.17) is 5.73 Å². The van der Waals surface area contributed by atoms with Crippen molar-refractivity contribution in [1.29, 1.82) is 0 Å². The quantitative estimate of drug-likeness (QED) is 0.645. The van der Waals surface area contributed by atoms with Crippen LogP contribution in [0.15, 0.2) is 60.7 Å². The van der Waals surface area contributed by atoms with Gasteiger partial charge in [0, 0.05) is 5.39 Å². The van der Waals surface area contributed by atoms with E-state index in [-0.39, 0.29) is 11.9 Å². The first-order chi connectivity index (χ1) is 11.5. The molecule has 0 aliphatic heterocycles. The third-order valence-corrected chi connectivity index (χ3v) is 3.96. The molecule has 0 bridgehead atoms. The molecule has 5 nitrogen and oxygen atoms in total. The Balaban J connectivity index is 1.75. The van der Waals surface area contributed by atoms with Crippen molar-refractivity contribution in [2.75, 3.05) is 0 Å². The molecule has 0 aliphatic rings. The summed E-state index contributed by atoms with van der Waals surface area (Å²) < 4.78 is 0. The number of carbonyl (C=O) groups excluding carboxylic acids is 1. The third-order valence-electron chi connectivity index (χ3n) is 3.96. The van der Waals surface area contributed by atoms with E-state index in [0.29, 0.717) is 11.3 Å². The summed E-state index contributed by atoms with van der Waals surface area (Å²) in [7, 11) is 0. The second-order valence-electron chi connectivity index (χ2n) is 5.70. The van der Waals surface area contributed by atoms with Gasteiger partial charge < -0.3 is 16.2 Å². The van der Waals surface area contributed by atoms with Gasteiger partial charge in [0.2, 0.25) is 0 Å². The molecule has 3 aromatic rings. The number of aliphatic hydroxyl groups is 1. The van der Waals surface area contributed by atoms with Crippen molar-refractivity contribution in [2.45, 2.75) is 19.2 Å². The molecular weight excluding hydrogens is 302 g/mol. The summed E-state index contributed by atoms with van der Waals surface area (Å²) in [5.41, 5.74) is 8.15. The fourth-order valence-electron chi connectivity index (χ4n) is 2.53. The standard InChI is InChI=1S/C19H19N3O2/c1-12(13-6-8-15(9-7-13)18(20)23)21-19(24)17-11-10-14-4-2-3-5-16(14)22-17/h2-12,18,23H,20H2,1H3,(H,21,24). The van der Waals surface area contributed by atoms with Crippen molar-refractivity contribution >= 4 is 16.8 Å². The predicted molar refractivity (Wildman–Crippen MR) is 93.2 cm³/mol. The number of hydrogen-bond acceptors (Lipinski definition) is 4. The van der Waals surface area contributed by atoms with Gasteiger partial charge in [0.05, 0.1) is 11.6 Å². The second kappa shape index (κ2) is 6.78. The van der Waals surface area contributed by atoms with E-state index in [1.807, 2.05) is 49.4 Å². The highest BCUT2D eigenvalue weighted by atomic mass is 16.3. The number of amides is 1. The van der Waals surface area contributed by atoms with Crippen LogP contribution in [-0.2, 0) is 0 Å².